The van der Waals surface area contributed by atoms with Crippen molar-refractivity contribution in [3.8, 4) is 5.75 Å². The minimum absolute atomic E-state index is 0.162. The molecule has 36 heavy (non-hydrogen) atoms. The van der Waals surface area contributed by atoms with Gasteiger partial charge in [-0.2, -0.15) is 0 Å². The Morgan fingerprint density at radius 1 is 1.19 bits per heavy atom. The number of hydrogen-bond acceptors (Lipinski definition) is 7. The molecule has 0 spiro atoms. The summed E-state index contributed by atoms with van der Waals surface area (Å²) in [4.78, 5) is 41.9. The van der Waals surface area contributed by atoms with Crippen LogP contribution in [0, 0.1) is 12.3 Å². The van der Waals surface area contributed by atoms with Gasteiger partial charge in [-0.1, -0.05) is 25.1 Å². The van der Waals surface area contributed by atoms with E-state index in [1.807, 2.05) is 38.1 Å². The summed E-state index contributed by atoms with van der Waals surface area (Å²) in [6.07, 6.45) is 2.10. The molecule has 3 aliphatic rings. The molecule has 2 aliphatic heterocycles. The summed E-state index contributed by atoms with van der Waals surface area (Å²) >= 11 is 0. The molecule has 2 saturated heterocycles. The fourth-order valence-corrected chi connectivity index (χ4v) is 5.05. The molecule has 1 unspecified atom stereocenters. The Labute approximate surface area is 210 Å². The van der Waals surface area contributed by atoms with Crippen molar-refractivity contribution in [2.45, 2.75) is 58.6 Å². The molecule has 3 fully saturated rings. The molecule has 0 radical (unpaired) electrons. The van der Waals surface area contributed by atoms with Gasteiger partial charge >= 0.3 is 11.9 Å². The molecular formula is C28H32N2O6. The van der Waals surface area contributed by atoms with Crippen molar-refractivity contribution in [1.82, 2.24) is 10.2 Å². The third-order valence-electron chi connectivity index (χ3n) is 7.57. The molecule has 0 bridgehead atoms. The lowest BCUT2D eigenvalue weighted by Crippen LogP contribution is -2.44. The van der Waals surface area contributed by atoms with Gasteiger partial charge in [0, 0.05) is 23.7 Å². The molecular weight excluding hydrogens is 460 g/mol. The lowest BCUT2D eigenvalue weighted by atomic mass is 9.98. The van der Waals surface area contributed by atoms with E-state index in [0.29, 0.717) is 23.8 Å². The van der Waals surface area contributed by atoms with Crippen LogP contribution < -0.4 is 10.1 Å². The molecule has 2 atom stereocenters. The highest BCUT2D eigenvalue weighted by molar-refractivity contribution is 6.07. The quantitative estimate of drug-likeness (QED) is 0.340. The van der Waals surface area contributed by atoms with E-state index in [4.69, 9.17) is 14.2 Å². The number of ether oxygens (including phenoxy) is 3. The SMILES string of the molecule is CCOC(=O)/C(NC(=O)[C@@H](OC(=O)c1cc(OC)cc2c(C)cccc12)C1(C)CC1)=C1\CCC2CN12. The Morgan fingerprint density at radius 2 is 1.97 bits per heavy atom. The first-order valence-electron chi connectivity index (χ1n) is 12.5. The number of aryl methyl sites for hydroxylation is 1. The first-order chi connectivity index (χ1) is 17.3. The number of fused-ring (bicyclic) bond motifs is 2. The van der Waals surface area contributed by atoms with Gasteiger partial charge in [0.25, 0.3) is 5.91 Å². The van der Waals surface area contributed by atoms with Crippen molar-refractivity contribution < 1.29 is 28.6 Å². The fourth-order valence-electron chi connectivity index (χ4n) is 5.05. The van der Waals surface area contributed by atoms with Crippen LogP contribution in [0.5, 0.6) is 5.75 Å². The van der Waals surface area contributed by atoms with Crippen LogP contribution in [0.25, 0.3) is 10.8 Å². The largest absolute Gasteiger partial charge is 0.497 e. The van der Waals surface area contributed by atoms with Crippen LogP contribution >= 0.6 is 0 Å². The normalized spacial score (nSPS) is 21.3. The van der Waals surface area contributed by atoms with Crippen LogP contribution in [0.15, 0.2) is 41.7 Å². The highest BCUT2D eigenvalue weighted by Crippen LogP contribution is 2.50. The maximum absolute atomic E-state index is 13.6. The fraction of sp³-hybridized carbons (Fsp3) is 0.464. The Hall–Kier alpha value is -3.55. The number of esters is 2. The molecule has 5 rings (SSSR count). The number of nitrogens with zero attached hydrogens (tertiary/aromatic N) is 1. The Morgan fingerprint density at radius 3 is 2.58 bits per heavy atom. The second-order valence-corrected chi connectivity index (χ2v) is 10.2. The van der Waals surface area contributed by atoms with E-state index in [1.165, 1.54) is 0 Å². The first kappa shape index (κ1) is 24.2. The van der Waals surface area contributed by atoms with Gasteiger partial charge in [-0.05, 0) is 68.0 Å². The van der Waals surface area contributed by atoms with Crippen molar-refractivity contribution in [2.24, 2.45) is 5.41 Å². The van der Waals surface area contributed by atoms with Gasteiger partial charge in [-0.15, -0.1) is 0 Å². The first-order valence-corrected chi connectivity index (χ1v) is 12.5. The zero-order chi connectivity index (χ0) is 25.6. The van der Waals surface area contributed by atoms with Crippen LogP contribution in [-0.2, 0) is 19.1 Å². The Bertz CT molecular complexity index is 1280. The molecule has 2 heterocycles. The second kappa shape index (κ2) is 9.15. The summed E-state index contributed by atoms with van der Waals surface area (Å²) in [6.45, 7) is 6.70. The van der Waals surface area contributed by atoms with E-state index in [2.05, 4.69) is 10.2 Å². The highest BCUT2D eigenvalue weighted by Gasteiger charge is 2.52. The number of amides is 1. The summed E-state index contributed by atoms with van der Waals surface area (Å²) in [5.41, 5.74) is 1.80. The predicted molar refractivity (Wildman–Crippen MR) is 133 cm³/mol. The van der Waals surface area contributed by atoms with Crippen molar-refractivity contribution >= 4 is 28.6 Å². The summed E-state index contributed by atoms with van der Waals surface area (Å²) in [7, 11) is 1.55. The van der Waals surface area contributed by atoms with Crippen LogP contribution in [0.1, 0.15) is 55.5 Å². The zero-order valence-electron chi connectivity index (χ0n) is 21.2. The second-order valence-electron chi connectivity index (χ2n) is 10.2. The molecule has 8 heteroatoms. The average Bonchev–Trinajstić information content (AvgIpc) is 3.78. The number of carbonyl (C=O) groups is 3. The van der Waals surface area contributed by atoms with Gasteiger partial charge in [0.15, 0.2) is 6.10 Å². The average molecular weight is 493 g/mol. The number of benzene rings is 2. The number of nitrogens with one attached hydrogen (secondary N) is 1. The molecule has 1 aliphatic carbocycles. The smallest absolute Gasteiger partial charge is 0.356 e. The summed E-state index contributed by atoms with van der Waals surface area (Å²) in [5.74, 6) is -1.14. The van der Waals surface area contributed by atoms with E-state index in [1.54, 1.807) is 20.1 Å². The van der Waals surface area contributed by atoms with Crippen LogP contribution in [0.4, 0.5) is 0 Å². The predicted octanol–water partition coefficient (Wildman–Crippen LogP) is 3.85. The molecule has 2 aromatic rings. The Balaban J connectivity index is 1.44. The number of carbonyl (C=O) groups excluding carboxylic acids is 3. The maximum Gasteiger partial charge on any atom is 0.356 e. The molecule has 1 N–H and O–H groups in total. The lowest BCUT2D eigenvalue weighted by Gasteiger charge is -2.24. The third kappa shape index (κ3) is 4.40. The number of methoxy groups -OCH3 is 1. The van der Waals surface area contributed by atoms with E-state index < -0.39 is 29.4 Å². The van der Waals surface area contributed by atoms with Gasteiger partial charge in [0.1, 0.15) is 11.4 Å². The van der Waals surface area contributed by atoms with Crippen molar-refractivity contribution in [2.75, 3.05) is 20.3 Å². The molecule has 1 saturated carbocycles. The standard InChI is InChI=1S/C28H32N2O6/c1-5-35-27(33)23(22-10-9-17-15-30(17)22)29-25(31)24(28(3)11-12-28)36-26(32)21-14-18(34-4)13-20-16(2)7-6-8-19(20)21/h6-8,13-14,17,24H,5,9-12,15H2,1-4H3,(H,29,31)/b23-22-/t17?,24-,30?/m1/s1. The molecule has 8 nitrogen and oxygen atoms in total. The number of rotatable bonds is 8. The summed E-state index contributed by atoms with van der Waals surface area (Å²) in [5, 5.41) is 4.41. The third-order valence-corrected chi connectivity index (χ3v) is 7.57. The Kier molecular flexibility index (Phi) is 6.14. The molecule has 1 amide bonds. The lowest BCUT2D eigenvalue weighted by molar-refractivity contribution is -0.141. The van der Waals surface area contributed by atoms with E-state index in [0.717, 1.165) is 47.8 Å². The topological polar surface area (TPSA) is 93.9 Å². The maximum atomic E-state index is 13.6. The number of hydrogen-bond donors (Lipinski definition) is 1. The molecule has 190 valence electrons. The van der Waals surface area contributed by atoms with Crippen molar-refractivity contribution in [3.05, 3.63) is 52.9 Å². The number of allylic oxidation sites excluding steroid dienone is 1. The molecule has 2 aromatic carbocycles. The van der Waals surface area contributed by atoms with Gasteiger partial charge in [-0.25, -0.2) is 9.59 Å². The van der Waals surface area contributed by atoms with E-state index in [-0.39, 0.29) is 12.3 Å². The van der Waals surface area contributed by atoms with Crippen LogP contribution in [0.2, 0.25) is 0 Å². The highest BCUT2D eigenvalue weighted by atomic mass is 16.6. The van der Waals surface area contributed by atoms with Gasteiger partial charge < -0.3 is 24.4 Å². The zero-order valence-corrected chi connectivity index (χ0v) is 21.2. The minimum atomic E-state index is -1.05. The van der Waals surface area contributed by atoms with E-state index in [9.17, 15) is 14.4 Å². The van der Waals surface area contributed by atoms with E-state index >= 15 is 0 Å². The molecule has 0 aromatic heterocycles. The number of piperidine rings is 1. The van der Waals surface area contributed by atoms with Gasteiger partial charge in [0.05, 0.1) is 19.3 Å². The van der Waals surface area contributed by atoms with Gasteiger partial charge in [0.2, 0.25) is 0 Å². The summed E-state index contributed by atoms with van der Waals surface area (Å²) in [6, 6.07) is 9.66. The monoisotopic (exact) mass is 492 g/mol. The van der Waals surface area contributed by atoms with Crippen molar-refractivity contribution in [1.29, 1.82) is 0 Å². The summed E-state index contributed by atoms with van der Waals surface area (Å²) < 4.78 is 16.6. The van der Waals surface area contributed by atoms with Gasteiger partial charge in [-0.3, -0.25) is 4.79 Å². The van der Waals surface area contributed by atoms with Crippen LogP contribution in [0.3, 0.4) is 0 Å². The minimum Gasteiger partial charge on any atom is -0.497 e. The van der Waals surface area contributed by atoms with Crippen LogP contribution in [-0.4, -0.2) is 55.2 Å². The van der Waals surface area contributed by atoms with Crippen molar-refractivity contribution in [3.63, 3.8) is 0 Å².